The van der Waals surface area contributed by atoms with Gasteiger partial charge < -0.3 is 5.32 Å². The summed E-state index contributed by atoms with van der Waals surface area (Å²) in [6.45, 7) is 10.6. The number of thioether (sulfide) groups is 1. The summed E-state index contributed by atoms with van der Waals surface area (Å²) in [4.78, 5) is 0. The summed E-state index contributed by atoms with van der Waals surface area (Å²) < 4.78 is 0. The maximum atomic E-state index is 3.82. The van der Waals surface area contributed by atoms with Crippen LogP contribution in [-0.2, 0) is 0 Å². The molecule has 2 heteroatoms. The lowest BCUT2D eigenvalue weighted by Crippen LogP contribution is -2.41. The predicted octanol–water partition coefficient (Wildman–Crippen LogP) is 4.71. The summed E-state index contributed by atoms with van der Waals surface area (Å²) >= 11 is 2.17. The third kappa shape index (κ3) is 5.97. The van der Waals surface area contributed by atoms with Gasteiger partial charge in [0.05, 0.1) is 0 Å². The van der Waals surface area contributed by atoms with E-state index in [-0.39, 0.29) is 0 Å². The van der Waals surface area contributed by atoms with E-state index in [2.05, 4.69) is 44.8 Å². The molecule has 1 saturated carbocycles. The fraction of sp³-hybridized carbons (Fsp3) is 1.00. The second-order valence-corrected chi connectivity index (χ2v) is 7.62. The maximum absolute atomic E-state index is 3.82. The summed E-state index contributed by atoms with van der Waals surface area (Å²) in [5.41, 5.74) is 0. The second-order valence-electron chi connectivity index (χ2n) is 6.14. The van der Waals surface area contributed by atoms with Gasteiger partial charge in [0.25, 0.3) is 0 Å². The molecule has 108 valence electrons. The molecule has 0 aromatic rings. The van der Waals surface area contributed by atoms with Crippen molar-refractivity contribution < 1.29 is 0 Å². The van der Waals surface area contributed by atoms with Gasteiger partial charge in [0, 0.05) is 17.0 Å². The third-order valence-electron chi connectivity index (χ3n) is 4.34. The summed E-state index contributed by atoms with van der Waals surface area (Å²) in [5, 5.41) is 4.63. The minimum absolute atomic E-state index is 0.756. The molecule has 1 fully saturated rings. The Morgan fingerprint density at radius 3 is 2.67 bits per heavy atom. The molecule has 0 aromatic heterocycles. The summed E-state index contributed by atoms with van der Waals surface area (Å²) in [6.07, 6.45) is 8.36. The highest BCUT2D eigenvalue weighted by Gasteiger charge is 2.26. The Balaban J connectivity index is 2.42. The van der Waals surface area contributed by atoms with Crippen LogP contribution in [0.3, 0.4) is 0 Å². The summed E-state index contributed by atoms with van der Waals surface area (Å²) in [5.74, 6) is 3.19. The third-order valence-corrected chi connectivity index (χ3v) is 5.79. The van der Waals surface area contributed by atoms with Crippen LogP contribution in [0.5, 0.6) is 0 Å². The average molecular weight is 272 g/mol. The van der Waals surface area contributed by atoms with Crippen LogP contribution >= 0.6 is 11.8 Å². The van der Waals surface area contributed by atoms with Gasteiger partial charge in [-0.2, -0.15) is 11.8 Å². The van der Waals surface area contributed by atoms with Gasteiger partial charge in [-0.05, 0) is 44.1 Å². The molecule has 1 aliphatic rings. The number of nitrogens with one attached hydrogen (secondary N) is 1. The van der Waals surface area contributed by atoms with Crippen molar-refractivity contribution in [3.8, 4) is 0 Å². The maximum Gasteiger partial charge on any atom is 0.0186 e. The predicted molar refractivity (Wildman–Crippen MR) is 85.4 cm³/mol. The lowest BCUT2D eigenvalue weighted by molar-refractivity contribution is 0.234. The first kappa shape index (κ1) is 16.4. The molecule has 1 N–H and O–H groups in total. The zero-order valence-electron chi connectivity index (χ0n) is 12.9. The van der Waals surface area contributed by atoms with Gasteiger partial charge in [-0.25, -0.2) is 0 Å². The number of hydrogen-bond donors (Lipinski definition) is 1. The minimum atomic E-state index is 0.756. The first-order chi connectivity index (χ1) is 8.67. The zero-order valence-corrected chi connectivity index (χ0v) is 13.7. The molecule has 1 aliphatic carbocycles. The van der Waals surface area contributed by atoms with E-state index in [0.29, 0.717) is 0 Å². The molecule has 0 amide bonds. The van der Waals surface area contributed by atoms with E-state index in [1.54, 1.807) is 0 Å². The van der Waals surface area contributed by atoms with Gasteiger partial charge in [-0.3, -0.25) is 0 Å². The van der Waals surface area contributed by atoms with Crippen LogP contribution in [0.15, 0.2) is 0 Å². The SMILES string of the molecule is CCCNC(CSC(C)CC)C1CCCC(C)C1. The fourth-order valence-electron chi connectivity index (χ4n) is 2.92. The first-order valence-corrected chi connectivity index (χ1v) is 9.07. The molecule has 18 heavy (non-hydrogen) atoms. The van der Waals surface area contributed by atoms with Gasteiger partial charge in [0.2, 0.25) is 0 Å². The smallest absolute Gasteiger partial charge is 0.0186 e. The molecule has 4 atom stereocenters. The van der Waals surface area contributed by atoms with E-state index in [9.17, 15) is 0 Å². The van der Waals surface area contributed by atoms with Crippen molar-refractivity contribution in [3.05, 3.63) is 0 Å². The van der Waals surface area contributed by atoms with Crippen molar-refractivity contribution >= 4 is 11.8 Å². The Hall–Kier alpha value is 0.310. The van der Waals surface area contributed by atoms with E-state index >= 15 is 0 Å². The van der Waals surface area contributed by atoms with E-state index in [4.69, 9.17) is 0 Å². The van der Waals surface area contributed by atoms with Crippen LogP contribution in [0.1, 0.15) is 66.2 Å². The normalized spacial score (nSPS) is 28.0. The lowest BCUT2D eigenvalue weighted by atomic mass is 9.79. The van der Waals surface area contributed by atoms with E-state index in [1.165, 1.54) is 50.8 Å². The van der Waals surface area contributed by atoms with E-state index < -0.39 is 0 Å². The van der Waals surface area contributed by atoms with E-state index in [0.717, 1.165) is 23.1 Å². The Bertz CT molecular complexity index is 207. The van der Waals surface area contributed by atoms with Crippen molar-refractivity contribution in [2.75, 3.05) is 12.3 Å². The number of rotatable bonds is 8. The topological polar surface area (TPSA) is 12.0 Å². The molecule has 1 rings (SSSR count). The van der Waals surface area contributed by atoms with E-state index in [1.807, 2.05) is 0 Å². The molecule has 0 aromatic carbocycles. The summed E-state index contributed by atoms with van der Waals surface area (Å²) in [6, 6.07) is 0.756. The van der Waals surface area contributed by atoms with Gasteiger partial charge in [-0.1, -0.05) is 40.5 Å². The molecule has 0 bridgehead atoms. The quantitative estimate of drug-likeness (QED) is 0.686. The monoisotopic (exact) mass is 271 g/mol. The largest absolute Gasteiger partial charge is 0.313 e. The summed E-state index contributed by atoms with van der Waals surface area (Å²) in [7, 11) is 0. The molecule has 0 spiro atoms. The highest BCUT2D eigenvalue weighted by molar-refractivity contribution is 7.99. The minimum Gasteiger partial charge on any atom is -0.313 e. The van der Waals surface area contributed by atoms with Crippen LogP contribution in [0.2, 0.25) is 0 Å². The van der Waals surface area contributed by atoms with Crippen LogP contribution in [-0.4, -0.2) is 23.6 Å². The molecular weight excluding hydrogens is 238 g/mol. The molecule has 0 radical (unpaired) electrons. The molecular formula is C16H33NS. The van der Waals surface area contributed by atoms with Crippen molar-refractivity contribution in [2.45, 2.75) is 77.5 Å². The van der Waals surface area contributed by atoms with Gasteiger partial charge in [0.15, 0.2) is 0 Å². The lowest BCUT2D eigenvalue weighted by Gasteiger charge is -2.34. The van der Waals surface area contributed by atoms with Crippen molar-refractivity contribution in [3.63, 3.8) is 0 Å². The first-order valence-electron chi connectivity index (χ1n) is 8.02. The Morgan fingerprint density at radius 2 is 2.06 bits per heavy atom. The van der Waals surface area contributed by atoms with Crippen LogP contribution < -0.4 is 5.32 Å². The van der Waals surface area contributed by atoms with Gasteiger partial charge in [-0.15, -0.1) is 0 Å². The standard InChI is InChI=1S/C16H33NS/c1-5-10-17-16(12-18-14(4)6-2)15-9-7-8-13(3)11-15/h13-17H,5-12H2,1-4H3. The van der Waals surface area contributed by atoms with Crippen molar-refractivity contribution in [2.24, 2.45) is 11.8 Å². The molecule has 1 nitrogen and oxygen atoms in total. The fourth-order valence-corrected chi connectivity index (χ4v) is 4.09. The molecule has 0 saturated heterocycles. The number of hydrogen-bond acceptors (Lipinski definition) is 2. The van der Waals surface area contributed by atoms with Gasteiger partial charge in [0.1, 0.15) is 0 Å². The van der Waals surface area contributed by atoms with Gasteiger partial charge >= 0.3 is 0 Å². The average Bonchev–Trinajstić information content (AvgIpc) is 2.38. The highest BCUT2D eigenvalue weighted by Crippen LogP contribution is 2.32. The Morgan fingerprint density at radius 1 is 1.28 bits per heavy atom. The Kier molecular flexibility index (Phi) is 8.41. The highest BCUT2D eigenvalue weighted by atomic mass is 32.2. The van der Waals surface area contributed by atoms with Crippen LogP contribution in [0.4, 0.5) is 0 Å². The van der Waals surface area contributed by atoms with Crippen LogP contribution in [0, 0.1) is 11.8 Å². The van der Waals surface area contributed by atoms with Crippen molar-refractivity contribution in [1.82, 2.24) is 5.32 Å². The zero-order chi connectivity index (χ0) is 13.4. The molecule has 0 heterocycles. The van der Waals surface area contributed by atoms with Crippen LogP contribution in [0.25, 0.3) is 0 Å². The molecule has 0 aliphatic heterocycles. The Labute approximate surface area is 119 Å². The molecule has 4 unspecified atom stereocenters. The second kappa shape index (κ2) is 9.25. The van der Waals surface area contributed by atoms with Crippen molar-refractivity contribution in [1.29, 1.82) is 0 Å².